The number of benzene rings is 1. The van der Waals surface area contributed by atoms with E-state index in [2.05, 4.69) is 4.98 Å². The predicted octanol–water partition coefficient (Wildman–Crippen LogP) is 2.46. The number of hydrogen-bond acceptors (Lipinski definition) is 5. The minimum Gasteiger partial charge on any atom is -0.494 e. The number of nitrogens with two attached hydrogens (primary N) is 1. The number of imidazole rings is 2. The maximum Gasteiger partial charge on any atom is 0.254 e. The Bertz CT molecular complexity index is 1220. The van der Waals surface area contributed by atoms with Crippen molar-refractivity contribution in [2.24, 2.45) is 12.8 Å². The molecule has 8 nitrogen and oxygen atoms in total. The van der Waals surface area contributed by atoms with Gasteiger partial charge in [-0.15, -0.1) is 0 Å². The quantitative estimate of drug-likeness (QED) is 0.566. The van der Waals surface area contributed by atoms with E-state index in [1.165, 1.54) is 0 Å². The zero-order valence-corrected chi connectivity index (χ0v) is 17.1. The van der Waals surface area contributed by atoms with E-state index in [1.54, 1.807) is 13.2 Å². The fraction of sp³-hybridized carbons (Fsp3) is 0.318. The third-order valence-corrected chi connectivity index (χ3v) is 5.74. The molecule has 3 aromatic heterocycles. The zero-order chi connectivity index (χ0) is 20.8. The lowest BCUT2D eigenvalue weighted by molar-refractivity contribution is 0.0708. The van der Waals surface area contributed by atoms with Gasteiger partial charge < -0.3 is 24.3 Å². The molecule has 8 heteroatoms. The number of aryl methyl sites for hydroxylation is 1. The molecule has 0 spiro atoms. The molecule has 1 saturated heterocycles. The van der Waals surface area contributed by atoms with Crippen molar-refractivity contribution in [2.45, 2.75) is 18.9 Å². The maximum absolute atomic E-state index is 13.1. The SMILES string of the molecule is COc1cc(C(=O)N2CCCC(N)C2)cc2nc(-c3cn4ccccc4n3)n(C)c12. The van der Waals surface area contributed by atoms with Gasteiger partial charge in [-0.2, -0.15) is 0 Å². The maximum atomic E-state index is 13.1. The highest BCUT2D eigenvalue weighted by atomic mass is 16.5. The van der Waals surface area contributed by atoms with Crippen LogP contribution in [-0.2, 0) is 7.05 Å². The molecule has 0 aliphatic carbocycles. The van der Waals surface area contributed by atoms with Gasteiger partial charge in [0.1, 0.15) is 22.6 Å². The van der Waals surface area contributed by atoms with E-state index in [0.29, 0.717) is 23.4 Å². The van der Waals surface area contributed by atoms with E-state index in [-0.39, 0.29) is 11.9 Å². The number of hydrogen-bond donors (Lipinski definition) is 1. The molecule has 4 heterocycles. The average Bonchev–Trinajstić information content (AvgIpc) is 3.33. The standard InChI is InChI=1S/C22H24N6O2/c1-26-20-16(25-21(26)17-13-27-8-4-3-7-19(27)24-17)10-14(11-18(20)30-2)22(29)28-9-5-6-15(23)12-28/h3-4,7-8,10-11,13,15H,5-6,9,12,23H2,1-2H3. The van der Waals surface area contributed by atoms with Crippen molar-refractivity contribution in [2.75, 3.05) is 20.2 Å². The third-order valence-electron chi connectivity index (χ3n) is 5.74. The van der Waals surface area contributed by atoms with Gasteiger partial charge >= 0.3 is 0 Å². The number of fused-ring (bicyclic) bond motifs is 2. The van der Waals surface area contributed by atoms with Crippen LogP contribution in [0, 0.1) is 0 Å². The van der Waals surface area contributed by atoms with Crippen LogP contribution in [0.2, 0.25) is 0 Å². The van der Waals surface area contributed by atoms with E-state index >= 15 is 0 Å². The van der Waals surface area contributed by atoms with Crippen LogP contribution in [0.15, 0.2) is 42.7 Å². The third kappa shape index (κ3) is 3.00. The Morgan fingerprint density at radius 1 is 1.27 bits per heavy atom. The summed E-state index contributed by atoms with van der Waals surface area (Å²) in [6.07, 6.45) is 5.78. The highest BCUT2D eigenvalue weighted by Crippen LogP contribution is 2.32. The lowest BCUT2D eigenvalue weighted by Crippen LogP contribution is -2.45. The van der Waals surface area contributed by atoms with Gasteiger partial charge in [-0.05, 0) is 37.1 Å². The van der Waals surface area contributed by atoms with Crippen molar-refractivity contribution >= 4 is 22.6 Å². The average molecular weight is 404 g/mol. The van der Waals surface area contributed by atoms with Gasteiger partial charge in [-0.3, -0.25) is 4.79 Å². The normalized spacial score (nSPS) is 17.0. The molecule has 0 bridgehead atoms. The summed E-state index contributed by atoms with van der Waals surface area (Å²) in [4.78, 5) is 24.4. The number of methoxy groups -OCH3 is 1. The molecular formula is C22H24N6O2. The molecule has 1 unspecified atom stereocenters. The topological polar surface area (TPSA) is 90.7 Å². The van der Waals surface area contributed by atoms with Gasteiger partial charge in [0.2, 0.25) is 0 Å². The van der Waals surface area contributed by atoms with Crippen LogP contribution in [0.1, 0.15) is 23.2 Å². The number of piperidine rings is 1. The van der Waals surface area contributed by atoms with Gasteiger partial charge in [0, 0.05) is 44.1 Å². The number of carbonyl (C=O) groups is 1. The molecule has 0 saturated carbocycles. The van der Waals surface area contributed by atoms with Gasteiger partial charge in [-0.1, -0.05) is 6.07 Å². The summed E-state index contributed by atoms with van der Waals surface area (Å²) < 4.78 is 9.55. The number of pyridine rings is 1. The van der Waals surface area contributed by atoms with Crippen LogP contribution in [0.3, 0.4) is 0 Å². The Hall–Kier alpha value is -3.39. The van der Waals surface area contributed by atoms with Crippen molar-refractivity contribution < 1.29 is 9.53 Å². The molecule has 1 aliphatic heterocycles. The van der Waals surface area contributed by atoms with E-state index < -0.39 is 0 Å². The highest BCUT2D eigenvalue weighted by molar-refractivity contribution is 6.00. The molecular weight excluding hydrogens is 380 g/mol. The molecule has 1 atom stereocenters. The Labute approximate surface area is 173 Å². The summed E-state index contributed by atoms with van der Waals surface area (Å²) in [5.41, 5.74) is 9.77. The van der Waals surface area contributed by atoms with Gasteiger partial charge in [0.05, 0.1) is 12.6 Å². The van der Waals surface area contributed by atoms with Gasteiger partial charge in [0.15, 0.2) is 5.82 Å². The summed E-state index contributed by atoms with van der Waals surface area (Å²) in [6, 6.07) is 9.52. The lowest BCUT2D eigenvalue weighted by atomic mass is 10.0. The number of amides is 1. The monoisotopic (exact) mass is 404 g/mol. The second kappa shape index (κ2) is 7.14. The lowest BCUT2D eigenvalue weighted by Gasteiger charge is -2.30. The Kier molecular flexibility index (Phi) is 4.43. The van der Waals surface area contributed by atoms with Crippen molar-refractivity contribution in [3.05, 3.63) is 48.3 Å². The summed E-state index contributed by atoms with van der Waals surface area (Å²) in [5, 5.41) is 0. The Balaban J connectivity index is 1.60. The molecule has 5 rings (SSSR count). The highest BCUT2D eigenvalue weighted by Gasteiger charge is 2.25. The predicted molar refractivity (Wildman–Crippen MR) is 115 cm³/mol. The number of likely N-dealkylation sites (tertiary alicyclic amines) is 1. The van der Waals surface area contributed by atoms with E-state index in [4.69, 9.17) is 15.5 Å². The Morgan fingerprint density at radius 3 is 2.90 bits per heavy atom. The summed E-state index contributed by atoms with van der Waals surface area (Å²) >= 11 is 0. The first-order valence-corrected chi connectivity index (χ1v) is 10.1. The fourth-order valence-electron chi connectivity index (χ4n) is 4.24. The van der Waals surface area contributed by atoms with Crippen molar-refractivity contribution in [3.8, 4) is 17.3 Å². The number of carbonyl (C=O) groups excluding carboxylic acids is 1. The van der Waals surface area contributed by atoms with Crippen LogP contribution < -0.4 is 10.5 Å². The van der Waals surface area contributed by atoms with Crippen LogP contribution in [0.4, 0.5) is 0 Å². The van der Waals surface area contributed by atoms with E-state index in [0.717, 1.165) is 42.1 Å². The summed E-state index contributed by atoms with van der Waals surface area (Å²) in [5.74, 6) is 1.30. The summed E-state index contributed by atoms with van der Waals surface area (Å²) in [6.45, 7) is 1.30. The minimum absolute atomic E-state index is 0.0322. The smallest absolute Gasteiger partial charge is 0.254 e. The molecule has 1 aromatic carbocycles. The first-order valence-electron chi connectivity index (χ1n) is 10.1. The fourth-order valence-corrected chi connectivity index (χ4v) is 4.24. The van der Waals surface area contributed by atoms with E-state index in [1.807, 2.05) is 57.6 Å². The Morgan fingerprint density at radius 2 is 2.13 bits per heavy atom. The van der Waals surface area contributed by atoms with Crippen molar-refractivity contribution in [3.63, 3.8) is 0 Å². The molecule has 1 amide bonds. The molecule has 30 heavy (non-hydrogen) atoms. The van der Waals surface area contributed by atoms with Crippen LogP contribution in [0.25, 0.3) is 28.2 Å². The number of aromatic nitrogens is 4. The molecule has 154 valence electrons. The molecule has 0 radical (unpaired) electrons. The number of nitrogens with zero attached hydrogens (tertiary/aromatic N) is 5. The molecule has 1 aliphatic rings. The molecule has 1 fully saturated rings. The second-order valence-electron chi connectivity index (χ2n) is 7.79. The minimum atomic E-state index is -0.0368. The van der Waals surface area contributed by atoms with Crippen LogP contribution >= 0.6 is 0 Å². The number of ether oxygens (including phenoxy) is 1. The zero-order valence-electron chi connectivity index (χ0n) is 17.1. The van der Waals surface area contributed by atoms with Gasteiger partial charge in [-0.25, -0.2) is 9.97 Å². The first-order chi connectivity index (χ1) is 14.5. The van der Waals surface area contributed by atoms with Crippen molar-refractivity contribution in [1.82, 2.24) is 23.8 Å². The summed E-state index contributed by atoms with van der Waals surface area (Å²) in [7, 11) is 3.54. The first kappa shape index (κ1) is 18.6. The van der Waals surface area contributed by atoms with E-state index in [9.17, 15) is 4.79 Å². The second-order valence-corrected chi connectivity index (χ2v) is 7.79. The molecule has 4 aromatic rings. The van der Waals surface area contributed by atoms with Gasteiger partial charge in [0.25, 0.3) is 5.91 Å². The largest absolute Gasteiger partial charge is 0.494 e. The number of rotatable bonds is 3. The molecule has 2 N–H and O–H groups in total. The van der Waals surface area contributed by atoms with Crippen LogP contribution in [0.5, 0.6) is 5.75 Å². The van der Waals surface area contributed by atoms with Crippen LogP contribution in [-0.4, -0.2) is 56.0 Å². The van der Waals surface area contributed by atoms with Crippen molar-refractivity contribution in [1.29, 1.82) is 0 Å².